The Morgan fingerprint density at radius 1 is 1.24 bits per heavy atom. The van der Waals surface area contributed by atoms with Gasteiger partial charge in [0.05, 0.1) is 6.61 Å². The average molecular weight is 286 g/mol. The molecule has 0 unspecified atom stereocenters. The molecule has 2 aromatic rings. The maximum Gasteiger partial charge on any atom is 0.170 e. The topological polar surface area (TPSA) is 88.1 Å². The molecule has 110 valence electrons. The highest BCUT2D eigenvalue weighted by Crippen LogP contribution is 2.17. The fourth-order valence-electron chi connectivity index (χ4n) is 1.97. The molecule has 2 rings (SSSR count). The second kappa shape index (κ2) is 6.76. The number of ether oxygens (including phenoxy) is 1. The average Bonchev–Trinajstić information content (AvgIpc) is 2.53. The number of hydrogen-bond acceptors (Lipinski definition) is 4. The SMILES string of the molecule is Cc1cc(/C(N)=N/O)ccc1COc1cccc(CO)c1. The van der Waals surface area contributed by atoms with Gasteiger partial charge in [0, 0.05) is 5.56 Å². The molecule has 5 heteroatoms. The van der Waals surface area contributed by atoms with Crippen molar-refractivity contribution in [1.29, 1.82) is 0 Å². The van der Waals surface area contributed by atoms with Gasteiger partial charge in [0.2, 0.25) is 0 Å². The first-order valence-electron chi connectivity index (χ1n) is 6.54. The number of nitrogens with zero attached hydrogens (tertiary/aromatic N) is 1. The molecular formula is C16H18N2O3. The van der Waals surface area contributed by atoms with E-state index < -0.39 is 0 Å². The first kappa shape index (κ1) is 14.9. The third-order valence-corrected chi connectivity index (χ3v) is 3.22. The summed E-state index contributed by atoms with van der Waals surface area (Å²) in [5.41, 5.74) is 9.04. The molecule has 21 heavy (non-hydrogen) atoms. The van der Waals surface area contributed by atoms with Gasteiger partial charge in [-0.2, -0.15) is 0 Å². The summed E-state index contributed by atoms with van der Waals surface area (Å²) in [5, 5.41) is 20.7. The van der Waals surface area contributed by atoms with Gasteiger partial charge < -0.3 is 20.8 Å². The van der Waals surface area contributed by atoms with Crippen LogP contribution >= 0.6 is 0 Å². The molecule has 0 aromatic heterocycles. The number of hydrogen-bond donors (Lipinski definition) is 3. The van der Waals surface area contributed by atoms with E-state index in [1.54, 1.807) is 12.1 Å². The van der Waals surface area contributed by atoms with Gasteiger partial charge in [-0.15, -0.1) is 0 Å². The van der Waals surface area contributed by atoms with Gasteiger partial charge in [-0.05, 0) is 41.8 Å². The van der Waals surface area contributed by atoms with Crippen molar-refractivity contribution in [2.24, 2.45) is 10.9 Å². The Morgan fingerprint density at radius 2 is 2.05 bits per heavy atom. The van der Waals surface area contributed by atoms with E-state index in [1.165, 1.54) is 0 Å². The Labute approximate surface area is 123 Å². The molecule has 4 N–H and O–H groups in total. The van der Waals surface area contributed by atoms with E-state index in [1.807, 2.05) is 37.3 Å². The monoisotopic (exact) mass is 286 g/mol. The lowest BCUT2D eigenvalue weighted by molar-refractivity contribution is 0.278. The summed E-state index contributed by atoms with van der Waals surface area (Å²) in [4.78, 5) is 0. The van der Waals surface area contributed by atoms with Gasteiger partial charge in [0.1, 0.15) is 12.4 Å². The van der Waals surface area contributed by atoms with E-state index >= 15 is 0 Å². The molecule has 0 aliphatic heterocycles. The van der Waals surface area contributed by atoms with Crippen LogP contribution in [0.25, 0.3) is 0 Å². The van der Waals surface area contributed by atoms with Gasteiger partial charge in [0.15, 0.2) is 5.84 Å². The minimum absolute atomic E-state index is 0.00923. The Balaban J connectivity index is 2.09. The maximum absolute atomic E-state index is 9.10. The van der Waals surface area contributed by atoms with Crippen LogP contribution < -0.4 is 10.5 Å². The van der Waals surface area contributed by atoms with Gasteiger partial charge in [-0.25, -0.2) is 0 Å². The van der Waals surface area contributed by atoms with Crippen molar-refractivity contribution in [3.05, 3.63) is 64.7 Å². The number of amidine groups is 1. The standard InChI is InChI=1S/C16H18N2O3/c1-11-7-13(16(17)18-20)5-6-14(11)10-21-15-4-2-3-12(8-15)9-19/h2-8,19-20H,9-10H2,1H3,(H2,17,18). The predicted molar refractivity (Wildman–Crippen MR) is 80.4 cm³/mol. The van der Waals surface area contributed by atoms with Crippen molar-refractivity contribution in [3.8, 4) is 5.75 Å². The number of rotatable bonds is 5. The van der Waals surface area contributed by atoms with E-state index in [2.05, 4.69) is 5.16 Å². The summed E-state index contributed by atoms with van der Waals surface area (Å²) >= 11 is 0. The zero-order valence-electron chi connectivity index (χ0n) is 11.8. The zero-order chi connectivity index (χ0) is 15.2. The van der Waals surface area contributed by atoms with Crippen molar-refractivity contribution in [2.45, 2.75) is 20.1 Å². The summed E-state index contributed by atoms with van der Waals surface area (Å²) < 4.78 is 5.72. The van der Waals surface area contributed by atoms with E-state index in [9.17, 15) is 0 Å². The number of aryl methyl sites for hydroxylation is 1. The molecule has 0 saturated heterocycles. The molecule has 0 heterocycles. The van der Waals surface area contributed by atoms with Crippen LogP contribution in [0.2, 0.25) is 0 Å². The lowest BCUT2D eigenvalue weighted by Crippen LogP contribution is -2.13. The first-order chi connectivity index (χ1) is 10.1. The van der Waals surface area contributed by atoms with E-state index in [4.69, 9.17) is 20.8 Å². The number of aliphatic hydroxyl groups is 1. The lowest BCUT2D eigenvalue weighted by atomic mass is 10.1. The summed E-state index contributed by atoms with van der Waals surface area (Å²) in [6.45, 7) is 2.35. The van der Waals surface area contributed by atoms with Gasteiger partial charge in [-0.3, -0.25) is 0 Å². The van der Waals surface area contributed by atoms with Crippen molar-refractivity contribution >= 4 is 5.84 Å². The Hall–Kier alpha value is -2.53. The second-order valence-corrected chi connectivity index (χ2v) is 4.72. The fraction of sp³-hybridized carbons (Fsp3) is 0.188. The molecule has 0 spiro atoms. The highest BCUT2D eigenvalue weighted by molar-refractivity contribution is 5.97. The molecule has 0 amide bonds. The fourth-order valence-corrected chi connectivity index (χ4v) is 1.97. The second-order valence-electron chi connectivity index (χ2n) is 4.72. The number of oxime groups is 1. The van der Waals surface area contributed by atoms with Gasteiger partial charge >= 0.3 is 0 Å². The molecule has 0 radical (unpaired) electrons. The molecule has 0 atom stereocenters. The third-order valence-electron chi connectivity index (χ3n) is 3.22. The van der Waals surface area contributed by atoms with Crippen molar-refractivity contribution in [1.82, 2.24) is 0 Å². The normalized spacial score (nSPS) is 11.4. The van der Waals surface area contributed by atoms with E-state index in [-0.39, 0.29) is 12.4 Å². The molecular weight excluding hydrogens is 268 g/mol. The minimum Gasteiger partial charge on any atom is -0.489 e. The smallest absolute Gasteiger partial charge is 0.170 e. The number of aliphatic hydroxyl groups excluding tert-OH is 1. The van der Waals surface area contributed by atoms with E-state index in [0.717, 1.165) is 16.7 Å². The molecule has 0 fully saturated rings. The minimum atomic E-state index is -0.00923. The van der Waals surface area contributed by atoms with Gasteiger partial charge in [-0.1, -0.05) is 29.4 Å². The molecule has 0 aliphatic rings. The van der Waals surface area contributed by atoms with Crippen LogP contribution in [-0.4, -0.2) is 16.1 Å². The Bertz CT molecular complexity index is 654. The summed E-state index contributed by atoms with van der Waals surface area (Å²) in [7, 11) is 0. The van der Waals surface area contributed by atoms with Crippen molar-refractivity contribution < 1.29 is 15.1 Å². The van der Waals surface area contributed by atoms with Crippen LogP contribution in [0.4, 0.5) is 0 Å². The summed E-state index contributed by atoms with van der Waals surface area (Å²) in [5.74, 6) is 0.794. The summed E-state index contributed by atoms with van der Waals surface area (Å²) in [6, 6.07) is 12.8. The summed E-state index contributed by atoms with van der Waals surface area (Å²) in [6.07, 6.45) is 0. The molecule has 0 saturated carbocycles. The Morgan fingerprint density at radius 3 is 2.71 bits per heavy atom. The van der Waals surface area contributed by atoms with Crippen molar-refractivity contribution in [2.75, 3.05) is 0 Å². The van der Waals surface area contributed by atoms with Crippen LogP contribution in [0.15, 0.2) is 47.6 Å². The highest BCUT2D eigenvalue weighted by atomic mass is 16.5. The van der Waals surface area contributed by atoms with Crippen molar-refractivity contribution in [3.63, 3.8) is 0 Å². The molecule has 0 aliphatic carbocycles. The number of nitrogens with two attached hydrogens (primary N) is 1. The van der Waals surface area contributed by atoms with Crippen LogP contribution in [-0.2, 0) is 13.2 Å². The lowest BCUT2D eigenvalue weighted by Gasteiger charge is -2.10. The molecule has 2 aromatic carbocycles. The molecule has 0 bridgehead atoms. The Kier molecular flexibility index (Phi) is 4.79. The predicted octanol–water partition coefficient (Wildman–Crippen LogP) is 2.16. The van der Waals surface area contributed by atoms with Gasteiger partial charge in [0.25, 0.3) is 0 Å². The first-order valence-corrected chi connectivity index (χ1v) is 6.54. The van der Waals surface area contributed by atoms with E-state index in [0.29, 0.717) is 17.9 Å². The quantitative estimate of drug-likeness (QED) is 0.340. The maximum atomic E-state index is 9.10. The van der Waals surface area contributed by atoms with Crippen LogP contribution in [0.1, 0.15) is 22.3 Å². The zero-order valence-corrected chi connectivity index (χ0v) is 11.8. The van der Waals surface area contributed by atoms with Crippen LogP contribution in [0, 0.1) is 6.92 Å². The van der Waals surface area contributed by atoms with Crippen LogP contribution in [0.3, 0.4) is 0 Å². The molecule has 5 nitrogen and oxygen atoms in total. The highest BCUT2D eigenvalue weighted by Gasteiger charge is 2.05. The number of benzene rings is 2. The van der Waals surface area contributed by atoms with Crippen LogP contribution in [0.5, 0.6) is 5.75 Å². The largest absolute Gasteiger partial charge is 0.489 e. The third kappa shape index (κ3) is 3.73.